The van der Waals surface area contributed by atoms with Gasteiger partial charge in [-0.15, -0.1) is 0 Å². The van der Waals surface area contributed by atoms with Crippen molar-refractivity contribution in [2.45, 2.75) is 25.7 Å². The molecule has 3 heteroatoms. The Morgan fingerprint density at radius 3 is 2.30 bits per heavy atom. The van der Waals surface area contributed by atoms with Gasteiger partial charge in [-0.25, -0.2) is 4.99 Å². The highest BCUT2D eigenvalue weighted by Crippen LogP contribution is 2.27. The molecule has 136 valence electrons. The minimum absolute atomic E-state index is 0.828. The van der Waals surface area contributed by atoms with Crippen molar-refractivity contribution in [2.75, 3.05) is 0 Å². The third kappa shape index (κ3) is 5.87. The molecular weight excluding hydrogens is 350 g/mol. The average molecular weight is 374 g/mol. The topological polar surface area (TPSA) is 21.6 Å². The highest BCUT2D eigenvalue weighted by Gasteiger charge is 2.07. The Labute approximate surface area is 165 Å². The van der Waals surface area contributed by atoms with Crippen molar-refractivity contribution in [2.24, 2.45) is 4.99 Å². The van der Waals surface area contributed by atoms with E-state index in [1.807, 2.05) is 55.5 Å². The molecule has 3 aromatic rings. The first-order valence-electron chi connectivity index (χ1n) is 8.89. The first kappa shape index (κ1) is 19.0. The van der Waals surface area contributed by atoms with Crippen LogP contribution < -0.4 is 4.74 Å². The molecule has 0 fully saturated rings. The van der Waals surface area contributed by atoms with E-state index >= 15 is 0 Å². The molecule has 27 heavy (non-hydrogen) atoms. The van der Waals surface area contributed by atoms with Gasteiger partial charge in [0.05, 0.1) is 11.9 Å². The van der Waals surface area contributed by atoms with Crippen LogP contribution >= 0.6 is 11.8 Å². The maximum atomic E-state index is 5.87. The zero-order chi connectivity index (χ0) is 19.1. The molecule has 0 aliphatic carbocycles. The zero-order valence-corrected chi connectivity index (χ0v) is 16.7. The molecule has 0 N–H and O–H groups in total. The van der Waals surface area contributed by atoms with Gasteiger partial charge in [-0.2, -0.15) is 0 Å². The normalized spacial score (nSPS) is 12.1. The van der Waals surface area contributed by atoms with Crippen LogP contribution in [0.1, 0.15) is 18.1 Å². The summed E-state index contributed by atoms with van der Waals surface area (Å²) in [5.41, 5.74) is 4.31. The number of rotatable bonds is 5. The van der Waals surface area contributed by atoms with Gasteiger partial charge in [0.15, 0.2) is 0 Å². The molecule has 0 aliphatic rings. The minimum Gasteiger partial charge on any atom is -0.465 e. The molecule has 3 rings (SSSR count). The third-order valence-electron chi connectivity index (χ3n) is 3.92. The Morgan fingerprint density at radius 2 is 1.59 bits per heavy atom. The largest absolute Gasteiger partial charge is 0.465 e. The van der Waals surface area contributed by atoms with Gasteiger partial charge >= 0.3 is 0 Å². The van der Waals surface area contributed by atoms with Crippen LogP contribution in [0.25, 0.3) is 0 Å². The quantitative estimate of drug-likeness (QED) is 0.206. The summed E-state index contributed by atoms with van der Waals surface area (Å²) >= 11 is 1.64. The van der Waals surface area contributed by atoms with Crippen LogP contribution in [0.2, 0.25) is 0 Å². The van der Waals surface area contributed by atoms with E-state index < -0.39 is 0 Å². The maximum absolute atomic E-state index is 5.87. The van der Waals surface area contributed by atoms with Gasteiger partial charge in [0, 0.05) is 10.5 Å². The van der Waals surface area contributed by atoms with Gasteiger partial charge in [0.2, 0.25) is 0 Å². The number of aliphatic imine (C=N–C) groups is 1. The van der Waals surface area contributed by atoms with E-state index in [4.69, 9.17) is 9.73 Å². The molecule has 0 spiro atoms. The lowest BCUT2D eigenvalue weighted by Gasteiger charge is -2.09. The predicted molar refractivity (Wildman–Crippen MR) is 116 cm³/mol. The van der Waals surface area contributed by atoms with E-state index in [2.05, 4.69) is 44.2 Å². The average Bonchev–Trinajstić information content (AvgIpc) is 2.68. The van der Waals surface area contributed by atoms with Crippen molar-refractivity contribution < 1.29 is 4.74 Å². The smallest absolute Gasteiger partial charge is 0.126 e. The molecule has 0 aliphatic heterocycles. The molecule has 2 nitrogen and oxygen atoms in total. The minimum atomic E-state index is 0.828. The molecule has 0 bridgehead atoms. The van der Waals surface area contributed by atoms with Gasteiger partial charge < -0.3 is 4.74 Å². The standard InChI is InChI=1S/C24H23NOS/c1-18-12-14-21(15-13-18)25-24(27-23-10-5-4-6-11-23)20(3)17-26-22-9-7-8-19(2)16-22/h4-17H,1-3H3/b20-17+,25-24?. The predicted octanol–water partition coefficient (Wildman–Crippen LogP) is 7.11. The molecule has 0 saturated heterocycles. The fourth-order valence-corrected chi connectivity index (χ4v) is 3.30. The van der Waals surface area contributed by atoms with Crippen LogP contribution in [-0.4, -0.2) is 5.04 Å². The Kier molecular flexibility index (Phi) is 6.50. The molecule has 0 aromatic heterocycles. The Bertz CT molecular complexity index is 944. The molecule has 0 saturated carbocycles. The van der Waals surface area contributed by atoms with Crippen molar-refractivity contribution in [3.63, 3.8) is 0 Å². The van der Waals surface area contributed by atoms with Crippen molar-refractivity contribution in [1.82, 2.24) is 0 Å². The fraction of sp³-hybridized carbons (Fsp3) is 0.125. The second kappa shape index (κ2) is 9.24. The van der Waals surface area contributed by atoms with E-state index in [1.165, 1.54) is 11.1 Å². The summed E-state index contributed by atoms with van der Waals surface area (Å²) in [7, 11) is 0. The summed E-state index contributed by atoms with van der Waals surface area (Å²) in [5.74, 6) is 0.828. The third-order valence-corrected chi connectivity index (χ3v) is 5.04. The number of ether oxygens (including phenoxy) is 1. The van der Waals surface area contributed by atoms with E-state index in [0.717, 1.165) is 26.9 Å². The van der Waals surface area contributed by atoms with Crippen LogP contribution in [0, 0.1) is 13.8 Å². The lowest BCUT2D eigenvalue weighted by Crippen LogP contribution is -1.97. The van der Waals surface area contributed by atoms with Gasteiger partial charge in [0.1, 0.15) is 10.8 Å². The molecule has 0 radical (unpaired) electrons. The molecule has 0 unspecified atom stereocenters. The van der Waals surface area contributed by atoms with E-state index in [9.17, 15) is 0 Å². The summed E-state index contributed by atoms with van der Waals surface area (Å²) < 4.78 is 5.87. The van der Waals surface area contributed by atoms with Crippen molar-refractivity contribution in [1.29, 1.82) is 0 Å². The van der Waals surface area contributed by atoms with Crippen LogP contribution in [0.15, 0.2) is 101 Å². The van der Waals surface area contributed by atoms with Crippen molar-refractivity contribution in [3.05, 3.63) is 102 Å². The molecule has 0 atom stereocenters. The maximum Gasteiger partial charge on any atom is 0.126 e. The second-order valence-corrected chi connectivity index (χ2v) is 7.47. The zero-order valence-electron chi connectivity index (χ0n) is 15.8. The van der Waals surface area contributed by atoms with Gasteiger partial charge in [0.25, 0.3) is 0 Å². The van der Waals surface area contributed by atoms with E-state index in [0.29, 0.717) is 0 Å². The molecule has 0 heterocycles. The number of benzene rings is 3. The Hall–Kier alpha value is -2.78. The van der Waals surface area contributed by atoms with Crippen LogP contribution in [0.3, 0.4) is 0 Å². The van der Waals surface area contributed by atoms with Crippen LogP contribution in [0.5, 0.6) is 5.75 Å². The highest BCUT2D eigenvalue weighted by atomic mass is 32.2. The lowest BCUT2D eigenvalue weighted by atomic mass is 10.2. The summed E-state index contributed by atoms with van der Waals surface area (Å²) in [6.07, 6.45) is 1.78. The van der Waals surface area contributed by atoms with Gasteiger partial charge in [-0.05, 0) is 62.7 Å². The number of aryl methyl sites for hydroxylation is 2. The Balaban J connectivity index is 1.87. The van der Waals surface area contributed by atoms with Crippen molar-refractivity contribution >= 4 is 22.5 Å². The fourth-order valence-electron chi connectivity index (χ4n) is 2.42. The highest BCUT2D eigenvalue weighted by molar-refractivity contribution is 8.14. The first-order chi connectivity index (χ1) is 13.1. The molecule has 0 amide bonds. The monoisotopic (exact) mass is 373 g/mol. The first-order valence-corrected chi connectivity index (χ1v) is 9.70. The number of thioether (sulfide) groups is 1. The van der Waals surface area contributed by atoms with Gasteiger partial charge in [-0.1, -0.05) is 59.8 Å². The van der Waals surface area contributed by atoms with Crippen LogP contribution in [-0.2, 0) is 0 Å². The summed E-state index contributed by atoms with van der Waals surface area (Å²) in [6, 6.07) is 26.5. The van der Waals surface area contributed by atoms with E-state index in [1.54, 1.807) is 18.0 Å². The molecule has 3 aromatic carbocycles. The summed E-state index contributed by atoms with van der Waals surface area (Å²) in [4.78, 5) is 6.00. The summed E-state index contributed by atoms with van der Waals surface area (Å²) in [6.45, 7) is 6.16. The number of hydrogen-bond donors (Lipinski definition) is 0. The van der Waals surface area contributed by atoms with Gasteiger partial charge in [-0.3, -0.25) is 0 Å². The SMILES string of the molecule is C/C(=C\Oc1cccc(C)c1)C(=Nc1ccc(C)cc1)Sc1ccccc1. The second-order valence-electron chi connectivity index (χ2n) is 6.40. The summed E-state index contributed by atoms with van der Waals surface area (Å²) in [5, 5.41) is 0.915. The van der Waals surface area contributed by atoms with Crippen molar-refractivity contribution in [3.8, 4) is 5.75 Å². The lowest BCUT2D eigenvalue weighted by molar-refractivity contribution is 0.478. The van der Waals surface area contributed by atoms with E-state index in [-0.39, 0.29) is 0 Å². The molecular formula is C24H23NOS. The Morgan fingerprint density at radius 1 is 0.852 bits per heavy atom. The number of hydrogen-bond acceptors (Lipinski definition) is 3. The number of nitrogens with zero attached hydrogens (tertiary/aromatic N) is 1. The van der Waals surface area contributed by atoms with Crippen LogP contribution in [0.4, 0.5) is 5.69 Å².